The average Bonchev–Trinajstić information content (AvgIpc) is 2.61. The van der Waals surface area contributed by atoms with Gasteiger partial charge in [-0.3, -0.25) is 14.9 Å². The quantitative estimate of drug-likeness (QED) is 0.496. The summed E-state index contributed by atoms with van der Waals surface area (Å²) in [6, 6.07) is 8.50. The fourth-order valence-electron chi connectivity index (χ4n) is 2.19. The molecule has 9 heteroatoms. The van der Waals surface area contributed by atoms with Crippen molar-refractivity contribution in [2.24, 2.45) is 5.10 Å². The number of carbonyl (C=O) groups excluding carboxylic acids is 1. The topological polar surface area (TPSA) is 123 Å². The van der Waals surface area contributed by atoms with Crippen molar-refractivity contribution in [2.75, 3.05) is 13.2 Å². The molecule has 0 aliphatic carbocycles. The Labute approximate surface area is 141 Å². The number of fused-ring (bicyclic) bond motifs is 1. The van der Waals surface area contributed by atoms with E-state index < -0.39 is 22.3 Å². The number of aromatic hydroxyl groups is 1. The highest BCUT2D eigenvalue weighted by molar-refractivity contribution is 5.95. The maximum Gasteiger partial charge on any atom is 0.310 e. The average molecular weight is 343 g/mol. The number of carbonyl (C=O) groups is 1. The Morgan fingerprint density at radius 3 is 2.68 bits per heavy atom. The number of nitro groups is 1. The minimum atomic E-state index is -0.695. The third-order valence-corrected chi connectivity index (χ3v) is 3.38. The molecule has 0 unspecified atom stereocenters. The SMILES string of the molecule is O=C(N/N=C/c1ccc([N+](=O)[O-])c(O)c1)c1ccc2c(c1)OCCO2. The van der Waals surface area contributed by atoms with E-state index in [4.69, 9.17) is 9.47 Å². The van der Waals surface area contributed by atoms with E-state index in [1.807, 2.05) is 0 Å². The molecule has 0 radical (unpaired) electrons. The second-order valence-corrected chi connectivity index (χ2v) is 5.06. The molecule has 1 aliphatic rings. The summed E-state index contributed by atoms with van der Waals surface area (Å²) in [5.74, 6) is 0.127. The third-order valence-electron chi connectivity index (χ3n) is 3.38. The van der Waals surface area contributed by atoms with Crippen LogP contribution in [0, 0.1) is 10.1 Å². The van der Waals surface area contributed by atoms with E-state index in [-0.39, 0.29) is 0 Å². The van der Waals surface area contributed by atoms with Gasteiger partial charge in [-0.05, 0) is 35.9 Å². The van der Waals surface area contributed by atoms with Crippen molar-refractivity contribution in [1.29, 1.82) is 0 Å². The molecular formula is C16H13N3O6. The molecule has 0 bridgehead atoms. The smallest absolute Gasteiger partial charge is 0.310 e. The van der Waals surface area contributed by atoms with Crippen LogP contribution >= 0.6 is 0 Å². The lowest BCUT2D eigenvalue weighted by Gasteiger charge is -2.18. The summed E-state index contributed by atoms with van der Waals surface area (Å²) in [5, 5.41) is 23.9. The molecule has 0 saturated carbocycles. The van der Waals surface area contributed by atoms with E-state index in [9.17, 15) is 20.0 Å². The van der Waals surface area contributed by atoms with Gasteiger partial charge < -0.3 is 14.6 Å². The van der Waals surface area contributed by atoms with E-state index in [1.165, 1.54) is 18.3 Å². The normalized spacial score (nSPS) is 12.8. The Bertz CT molecular complexity index is 865. The Hall–Kier alpha value is -3.62. The lowest BCUT2D eigenvalue weighted by Crippen LogP contribution is -2.19. The van der Waals surface area contributed by atoms with E-state index in [1.54, 1.807) is 18.2 Å². The molecule has 1 aliphatic heterocycles. The largest absolute Gasteiger partial charge is 0.502 e. The summed E-state index contributed by atoms with van der Waals surface area (Å²) in [7, 11) is 0. The minimum Gasteiger partial charge on any atom is -0.502 e. The highest BCUT2D eigenvalue weighted by atomic mass is 16.6. The number of nitro benzene ring substituents is 1. The van der Waals surface area contributed by atoms with Gasteiger partial charge in [0.1, 0.15) is 13.2 Å². The van der Waals surface area contributed by atoms with Crippen molar-refractivity contribution in [3.8, 4) is 17.2 Å². The monoisotopic (exact) mass is 343 g/mol. The van der Waals surface area contributed by atoms with Crippen LogP contribution in [0.1, 0.15) is 15.9 Å². The number of phenolic OH excluding ortho intramolecular Hbond substituents is 1. The van der Waals surface area contributed by atoms with Crippen molar-refractivity contribution in [2.45, 2.75) is 0 Å². The van der Waals surface area contributed by atoms with Gasteiger partial charge in [0, 0.05) is 11.6 Å². The number of nitrogens with one attached hydrogen (secondary N) is 1. The molecule has 0 atom stereocenters. The van der Waals surface area contributed by atoms with Crippen LogP contribution in [0.5, 0.6) is 17.2 Å². The van der Waals surface area contributed by atoms with Crippen LogP contribution < -0.4 is 14.9 Å². The van der Waals surface area contributed by atoms with Gasteiger partial charge >= 0.3 is 5.69 Å². The van der Waals surface area contributed by atoms with Gasteiger partial charge in [0.2, 0.25) is 0 Å². The molecular weight excluding hydrogens is 330 g/mol. The molecule has 9 nitrogen and oxygen atoms in total. The number of hydrogen-bond acceptors (Lipinski definition) is 7. The Morgan fingerprint density at radius 1 is 1.20 bits per heavy atom. The van der Waals surface area contributed by atoms with Crippen molar-refractivity contribution in [3.63, 3.8) is 0 Å². The van der Waals surface area contributed by atoms with Gasteiger partial charge in [-0.2, -0.15) is 5.10 Å². The lowest BCUT2D eigenvalue weighted by molar-refractivity contribution is -0.385. The fourth-order valence-corrected chi connectivity index (χ4v) is 2.19. The molecule has 1 heterocycles. The number of amides is 1. The number of hydrogen-bond donors (Lipinski definition) is 2. The predicted octanol–water partition coefficient (Wildman–Crippen LogP) is 1.84. The van der Waals surface area contributed by atoms with E-state index in [0.29, 0.717) is 35.8 Å². The first kappa shape index (κ1) is 16.2. The molecule has 1 amide bonds. The van der Waals surface area contributed by atoms with Crippen LogP contribution in [-0.2, 0) is 0 Å². The maximum atomic E-state index is 12.1. The summed E-state index contributed by atoms with van der Waals surface area (Å²) in [4.78, 5) is 22.0. The highest BCUT2D eigenvalue weighted by Crippen LogP contribution is 2.30. The molecule has 0 fully saturated rings. The second kappa shape index (κ2) is 6.87. The van der Waals surface area contributed by atoms with E-state index in [0.717, 1.165) is 6.07 Å². The van der Waals surface area contributed by atoms with Crippen molar-refractivity contribution < 1.29 is 24.3 Å². The summed E-state index contributed by atoms with van der Waals surface area (Å²) >= 11 is 0. The number of benzene rings is 2. The van der Waals surface area contributed by atoms with Gasteiger partial charge in [0.05, 0.1) is 11.1 Å². The molecule has 0 spiro atoms. The minimum absolute atomic E-state index is 0.341. The molecule has 2 aromatic carbocycles. The van der Waals surface area contributed by atoms with Gasteiger partial charge in [0.25, 0.3) is 5.91 Å². The first-order valence-corrected chi connectivity index (χ1v) is 7.25. The standard InChI is InChI=1S/C16H13N3O6/c20-13-7-10(1-3-12(13)19(22)23)9-17-18-16(21)11-2-4-14-15(8-11)25-6-5-24-14/h1-4,7-9,20H,5-6H2,(H,18,21)/b17-9+. The molecule has 0 saturated heterocycles. The van der Waals surface area contributed by atoms with Crippen LogP contribution in [0.2, 0.25) is 0 Å². The van der Waals surface area contributed by atoms with E-state index in [2.05, 4.69) is 10.5 Å². The van der Waals surface area contributed by atoms with Gasteiger partial charge in [0.15, 0.2) is 17.2 Å². The number of hydrazone groups is 1. The first-order valence-electron chi connectivity index (χ1n) is 7.25. The zero-order valence-corrected chi connectivity index (χ0v) is 12.8. The van der Waals surface area contributed by atoms with Gasteiger partial charge in [-0.25, -0.2) is 5.43 Å². The molecule has 128 valence electrons. The summed E-state index contributed by atoms with van der Waals surface area (Å²) in [6.07, 6.45) is 1.26. The lowest BCUT2D eigenvalue weighted by atomic mass is 10.2. The van der Waals surface area contributed by atoms with Crippen molar-refractivity contribution in [3.05, 3.63) is 57.6 Å². The Balaban J connectivity index is 1.67. The number of ether oxygens (including phenoxy) is 2. The molecule has 2 N–H and O–H groups in total. The maximum absolute atomic E-state index is 12.1. The summed E-state index contributed by atoms with van der Waals surface area (Å²) in [6.45, 7) is 0.880. The number of rotatable bonds is 4. The fraction of sp³-hybridized carbons (Fsp3) is 0.125. The molecule has 3 rings (SSSR count). The number of phenols is 1. The first-order chi connectivity index (χ1) is 12.0. The van der Waals surface area contributed by atoms with E-state index >= 15 is 0 Å². The van der Waals surface area contributed by atoms with Crippen LogP contribution in [0.4, 0.5) is 5.69 Å². The van der Waals surface area contributed by atoms with Crippen molar-refractivity contribution >= 4 is 17.8 Å². The Kier molecular flexibility index (Phi) is 4.46. The molecule has 25 heavy (non-hydrogen) atoms. The Morgan fingerprint density at radius 2 is 1.96 bits per heavy atom. The zero-order valence-electron chi connectivity index (χ0n) is 12.8. The summed E-state index contributed by atoms with van der Waals surface area (Å²) < 4.78 is 10.8. The van der Waals surface area contributed by atoms with Gasteiger partial charge in [-0.15, -0.1) is 0 Å². The van der Waals surface area contributed by atoms with Crippen LogP contribution in [-0.4, -0.2) is 35.4 Å². The molecule has 2 aromatic rings. The van der Waals surface area contributed by atoms with Crippen LogP contribution in [0.15, 0.2) is 41.5 Å². The van der Waals surface area contributed by atoms with Crippen LogP contribution in [0.25, 0.3) is 0 Å². The van der Waals surface area contributed by atoms with Crippen LogP contribution in [0.3, 0.4) is 0 Å². The second-order valence-electron chi connectivity index (χ2n) is 5.06. The van der Waals surface area contributed by atoms with Gasteiger partial charge in [-0.1, -0.05) is 0 Å². The number of nitrogens with zero attached hydrogens (tertiary/aromatic N) is 2. The highest BCUT2D eigenvalue weighted by Gasteiger charge is 2.15. The zero-order chi connectivity index (χ0) is 17.8. The molecule has 0 aromatic heterocycles. The summed E-state index contributed by atoms with van der Waals surface area (Å²) in [5.41, 5.74) is 2.66. The van der Waals surface area contributed by atoms with Crippen molar-refractivity contribution in [1.82, 2.24) is 5.43 Å². The predicted molar refractivity (Wildman–Crippen MR) is 87.3 cm³/mol. The third kappa shape index (κ3) is 3.66.